The van der Waals surface area contributed by atoms with E-state index in [0.29, 0.717) is 24.3 Å². The van der Waals surface area contributed by atoms with Crippen LogP contribution in [0.5, 0.6) is 0 Å². The summed E-state index contributed by atoms with van der Waals surface area (Å²) >= 11 is 0. The average Bonchev–Trinajstić information content (AvgIpc) is 3.74. The van der Waals surface area contributed by atoms with Gasteiger partial charge in [-0.15, -0.1) is 0 Å². The summed E-state index contributed by atoms with van der Waals surface area (Å²) in [5.74, 6) is -0.598. The maximum absolute atomic E-state index is 12.7. The number of rotatable bonds is 10. The van der Waals surface area contributed by atoms with Crippen molar-refractivity contribution < 1.29 is 23.6 Å². The summed E-state index contributed by atoms with van der Waals surface area (Å²) in [7, 11) is 4.21. The van der Waals surface area contributed by atoms with Crippen molar-refractivity contribution in [3.8, 4) is 0 Å². The lowest BCUT2D eigenvalue weighted by molar-refractivity contribution is -0.401. The third kappa shape index (κ3) is 6.80. The predicted molar refractivity (Wildman–Crippen MR) is 227 cm³/mol. The molecule has 4 aromatic carbocycles. The highest BCUT2D eigenvalue weighted by molar-refractivity contribution is 6.04. The van der Waals surface area contributed by atoms with Crippen LogP contribution in [0.3, 0.4) is 0 Å². The average molecular weight is 747 g/mol. The first-order valence-corrected chi connectivity index (χ1v) is 19.6. The first-order valence-electron chi connectivity index (χ1n) is 19.6. The number of nitrogens with zero attached hydrogens (tertiary/aromatic N) is 3. The zero-order chi connectivity index (χ0) is 39.8. The van der Waals surface area contributed by atoms with Gasteiger partial charge in [-0.25, -0.2) is 9.59 Å². The molecule has 0 saturated carbocycles. The number of carbonyl (C=O) groups excluding carboxylic acids is 2. The monoisotopic (exact) mass is 746 g/mol. The van der Waals surface area contributed by atoms with E-state index in [2.05, 4.69) is 141 Å². The maximum atomic E-state index is 12.7. The fraction of sp³-hybridized carbons (Fsp3) is 0.286. The number of fused-ring (bicyclic) bond motifs is 2. The number of hydrogen-bond acceptors (Lipinski definition) is 6. The Morgan fingerprint density at radius 3 is 1.89 bits per heavy atom. The molecule has 2 heterocycles. The molecule has 0 radical (unpaired) electrons. The van der Waals surface area contributed by atoms with Gasteiger partial charge in [0.15, 0.2) is 5.71 Å². The second kappa shape index (κ2) is 15.3. The van der Waals surface area contributed by atoms with Gasteiger partial charge in [0, 0.05) is 52.9 Å². The Morgan fingerprint density at radius 2 is 1.30 bits per heavy atom. The number of likely N-dealkylation sites (N-methyl/N-ethyl adjacent to an activating group) is 1. The Bertz CT molecular complexity index is 2310. The fourth-order valence-electron chi connectivity index (χ4n) is 8.60. The molecule has 0 aromatic heterocycles. The molecule has 4 aromatic rings. The summed E-state index contributed by atoms with van der Waals surface area (Å²) in [4.78, 5) is 30.0. The predicted octanol–water partition coefficient (Wildman–Crippen LogP) is 10.7. The SMILES string of the molecule is CCOC(=O)c1ccc2c(c1)C(C)(C)C(/C=C/C1=C(N(c3ccccc3)c3ccccc3)C(=C/C=C3/N(C)c4ccc(C(=O)OCC)cc4C3(C)C)/CC1)=[N+]2C. The van der Waals surface area contributed by atoms with E-state index in [1.165, 1.54) is 11.1 Å². The topological polar surface area (TPSA) is 62.1 Å². The second-order valence-corrected chi connectivity index (χ2v) is 15.6. The molecule has 7 rings (SSSR count). The van der Waals surface area contributed by atoms with E-state index in [9.17, 15) is 9.59 Å². The summed E-state index contributed by atoms with van der Waals surface area (Å²) in [6.45, 7) is 13.2. The maximum Gasteiger partial charge on any atom is 0.338 e. The van der Waals surface area contributed by atoms with E-state index in [0.717, 1.165) is 63.8 Å². The quantitative estimate of drug-likeness (QED) is 0.119. The fourth-order valence-corrected chi connectivity index (χ4v) is 8.60. The van der Waals surface area contributed by atoms with Crippen LogP contribution in [0.25, 0.3) is 0 Å². The largest absolute Gasteiger partial charge is 0.462 e. The van der Waals surface area contributed by atoms with Crippen LogP contribution < -0.4 is 9.80 Å². The number of carbonyl (C=O) groups is 2. The molecule has 0 spiro atoms. The van der Waals surface area contributed by atoms with Gasteiger partial charge in [-0.2, -0.15) is 4.58 Å². The molecule has 0 atom stereocenters. The van der Waals surface area contributed by atoms with E-state index in [-0.39, 0.29) is 22.8 Å². The minimum absolute atomic E-state index is 0.299. The Kier molecular flexibility index (Phi) is 10.5. The Labute approximate surface area is 331 Å². The number of esters is 2. The van der Waals surface area contributed by atoms with Gasteiger partial charge in [0.05, 0.1) is 35.5 Å². The van der Waals surface area contributed by atoms with Gasteiger partial charge in [0.2, 0.25) is 5.69 Å². The third-order valence-electron chi connectivity index (χ3n) is 11.5. The number of para-hydroxylation sites is 2. The Balaban J connectivity index is 1.33. The molecule has 286 valence electrons. The minimum Gasteiger partial charge on any atom is -0.462 e. The zero-order valence-corrected chi connectivity index (χ0v) is 33.9. The summed E-state index contributed by atoms with van der Waals surface area (Å²) in [5.41, 5.74) is 13.0. The number of anilines is 3. The van der Waals surface area contributed by atoms with Gasteiger partial charge >= 0.3 is 11.9 Å². The third-order valence-corrected chi connectivity index (χ3v) is 11.5. The van der Waals surface area contributed by atoms with E-state index in [1.807, 2.05) is 50.2 Å². The van der Waals surface area contributed by atoms with Crippen LogP contribution in [-0.2, 0) is 20.3 Å². The van der Waals surface area contributed by atoms with Crippen molar-refractivity contribution in [2.75, 3.05) is 37.1 Å². The van der Waals surface area contributed by atoms with E-state index >= 15 is 0 Å². The lowest BCUT2D eigenvalue weighted by Crippen LogP contribution is -2.27. The highest BCUT2D eigenvalue weighted by Crippen LogP contribution is 2.48. The molecule has 7 heteroatoms. The lowest BCUT2D eigenvalue weighted by atomic mass is 9.80. The van der Waals surface area contributed by atoms with E-state index in [1.54, 1.807) is 0 Å². The molecule has 1 aliphatic carbocycles. The molecule has 56 heavy (non-hydrogen) atoms. The number of benzene rings is 4. The molecule has 3 aliphatic rings. The normalized spacial score (nSPS) is 18.2. The van der Waals surface area contributed by atoms with Gasteiger partial charge < -0.3 is 19.3 Å². The van der Waals surface area contributed by atoms with Crippen molar-refractivity contribution in [1.82, 2.24) is 0 Å². The first kappa shape index (κ1) is 38.3. The molecule has 7 nitrogen and oxygen atoms in total. The van der Waals surface area contributed by atoms with Crippen molar-refractivity contribution in [1.29, 1.82) is 0 Å². The van der Waals surface area contributed by atoms with E-state index in [4.69, 9.17) is 9.47 Å². The van der Waals surface area contributed by atoms with Gasteiger partial charge in [0.1, 0.15) is 7.05 Å². The standard InChI is InChI=1S/C49H52N3O4/c1-9-55-46(53)35-23-27-41-39(31-35)48(3,4)43(50(41)7)29-25-33-21-22-34(45(33)52(37-17-13-11-14-18-37)38-19-15-12-16-20-38)26-30-44-49(5,6)40-32-36(47(54)56-10-2)24-28-42(40)51(44)8/h11-20,23-32H,9-10,21-22H2,1-8H3/q+1. The summed E-state index contributed by atoms with van der Waals surface area (Å²) in [6.07, 6.45) is 10.9. The smallest absolute Gasteiger partial charge is 0.338 e. The van der Waals surface area contributed by atoms with Gasteiger partial charge in [0.25, 0.3) is 0 Å². The summed E-state index contributed by atoms with van der Waals surface area (Å²) in [5, 5.41) is 0. The molecule has 2 aliphatic heterocycles. The van der Waals surface area contributed by atoms with Crippen LogP contribution in [-0.4, -0.2) is 49.5 Å². The molecule has 0 unspecified atom stereocenters. The molecular weight excluding hydrogens is 695 g/mol. The first-order chi connectivity index (χ1) is 26.9. The summed E-state index contributed by atoms with van der Waals surface area (Å²) < 4.78 is 12.9. The van der Waals surface area contributed by atoms with Crippen LogP contribution in [0.1, 0.15) is 86.2 Å². The van der Waals surface area contributed by atoms with Crippen molar-refractivity contribution >= 4 is 40.4 Å². The molecule has 0 saturated heterocycles. The Hall–Kier alpha value is -5.95. The van der Waals surface area contributed by atoms with Crippen LogP contribution in [0.2, 0.25) is 0 Å². The van der Waals surface area contributed by atoms with Crippen LogP contribution in [0.15, 0.2) is 144 Å². The van der Waals surface area contributed by atoms with Crippen LogP contribution >= 0.6 is 0 Å². The number of hydrogen-bond donors (Lipinski definition) is 0. The second-order valence-electron chi connectivity index (χ2n) is 15.6. The molecular formula is C49H52N3O4+. The molecule has 0 fully saturated rings. The van der Waals surface area contributed by atoms with Crippen molar-refractivity contribution in [2.45, 2.75) is 65.2 Å². The van der Waals surface area contributed by atoms with Gasteiger partial charge in [-0.3, -0.25) is 0 Å². The van der Waals surface area contributed by atoms with Gasteiger partial charge in [-0.1, -0.05) is 62.4 Å². The summed E-state index contributed by atoms with van der Waals surface area (Å²) in [6, 6.07) is 32.9. The van der Waals surface area contributed by atoms with Crippen LogP contribution in [0, 0.1) is 0 Å². The van der Waals surface area contributed by atoms with Crippen LogP contribution in [0.4, 0.5) is 22.7 Å². The highest BCUT2D eigenvalue weighted by atomic mass is 16.5. The van der Waals surface area contributed by atoms with Crippen molar-refractivity contribution in [3.63, 3.8) is 0 Å². The molecule has 0 amide bonds. The minimum atomic E-state index is -0.342. The highest BCUT2D eigenvalue weighted by Gasteiger charge is 2.44. The molecule has 0 N–H and O–H groups in total. The van der Waals surface area contributed by atoms with E-state index < -0.39 is 0 Å². The Morgan fingerprint density at radius 1 is 0.732 bits per heavy atom. The zero-order valence-electron chi connectivity index (χ0n) is 33.9. The van der Waals surface area contributed by atoms with Gasteiger partial charge in [-0.05, 0) is 118 Å². The number of allylic oxidation sites excluding steroid dienone is 7. The number of ether oxygens (including phenoxy) is 2. The molecule has 0 bridgehead atoms. The lowest BCUT2D eigenvalue weighted by Gasteiger charge is -2.29. The van der Waals surface area contributed by atoms with Crippen molar-refractivity contribution in [3.05, 3.63) is 166 Å². The van der Waals surface area contributed by atoms with Crippen molar-refractivity contribution in [2.24, 2.45) is 0 Å².